The zero-order valence-corrected chi connectivity index (χ0v) is 17.9. The van der Waals surface area contributed by atoms with Crippen molar-refractivity contribution in [2.45, 2.75) is 39.7 Å². The molecule has 1 heterocycles. The molecule has 1 atom stereocenters. The molecule has 1 aliphatic heterocycles. The van der Waals surface area contributed by atoms with Gasteiger partial charge in [0.25, 0.3) is 0 Å². The van der Waals surface area contributed by atoms with Gasteiger partial charge in [-0.1, -0.05) is 44.2 Å². The molecule has 0 radical (unpaired) electrons. The summed E-state index contributed by atoms with van der Waals surface area (Å²) in [6.07, 6.45) is 1.63. The van der Waals surface area contributed by atoms with Gasteiger partial charge in [-0.05, 0) is 38.4 Å². The molecule has 0 bridgehead atoms. The fourth-order valence-corrected chi connectivity index (χ4v) is 3.90. The number of hydrogen-bond donors (Lipinski definition) is 1. The van der Waals surface area contributed by atoms with Crippen molar-refractivity contribution in [2.75, 3.05) is 46.4 Å². The topological polar surface area (TPSA) is 57.2 Å². The lowest BCUT2D eigenvalue weighted by molar-refractivity contribution is -0.149. The average molecular weight is 389 g/mol. The molecule has 6 heteroatoms. The molecular weight excluding hydrogens is 352 g/mol. The summed E-state index contributed by atoms with van der Waals surface area (Å²) >= 11 is 0. The summed E-state index contributed by atoms with van der Waals surface area (Å²) in [5.41, 5.74) is 1.31. The number of aliphatic imine (C=N–C) groups is 1. The maximum atomic E-state index is 12.0. The highest BCUT2D eigenvalue weighted by Gasteiger charge is 2.28. The third kappa shape index (κ3) is 5.96. The van der Waals surface area contributed by atoms with Crippen LogP contribution in [-0.4, -0.2) is 68.1 Å². The van der Waals surface area contributed by atoms with Crippen molar-refractivity contribution in [2.24, 2.45) is 10.9 Å². The SMILES string of the molecule is CCOC(=O)C1CCN(C(=NC)NCC(c2ccccc2)N(CC)CC)CC1. The van der Waals surface area contributed by atoms with E-state index in [0.29, 0.717) is 12.6 Å². The maximum Gasteiger partial charge on any atom is 0.309 e. The van der Waals surface area contributed by atoms with Crippen molar-refractivity contribution < 1.29 is 9.53 Å². The molecule has 6 nitrogen and oxygen atoms in total. The van der Waals surface area contributed by atoms with E-state index in [4.69, 9.17) is 4.74 Å². The van der Waals surface area contributed by atoms with Gasteiger partial charge in [-0.3, -0.25) is 14.7 Å². The Morgan fingerprint density at radius 1 is 1.21 bits per heavy atom. The Kier molecular flexibility index (Phi) is 9.28. The van der Waals surface area contributed by atoms with E-state index in [-0.39, 0.29) is 11.9 Å². The van der Waals surface area contributed by atoms with E-state index < -0.39 is 0 Å². The van der Waals surface area contributed by atoms with Crippen LogP contribution in [-0.2, 0) is 9.53 Å². The number of guanidine groups is 1. The largest absolute Gasteiger partial charge is 0.466 e. The van der Waals surface area contributed by atoms with E-state index in [9.17, 15) is 4.79 Å². The van der Waals surface area contributed by atoms with Gasteiger partial charge in [0.05, 0.1) is 18.6 Å². The molecule has 0 aromatic heterocycles. The van der Waals surface area contributed by atoms with Crippen LogP contribution in [0.2, 0.25) is 0 Å². The number of ether oxygens (including phenoxy) is 1. The highest BCUT2D eigenvalue weighted by Crippen LogP contribution is 2.21. The average Bonchev–Trinajstić information content (AvgIpc) is 2.74. The van der Waals surface area contributed by atoms with Crippen molar-refractivity contribution in [3.05, 3.63) is 35.9 Å². The zero-order valence-electron chi connectivity index (χ0n) is 17.9. The molecular formula is C22H36N4O2. The van der Waals surface area contributed by atoms with E-state index in [0.717, 1.165) is 51.5 Å². The predicted molar refractivity (Wildman–Crippen MR) is 114 cm³/mol. The molecule has 0 saturated carbocycles. The summed E-state index contributed by atoms with van der Waals surface area (Å²) < 4.78 is 5.17. The number of likely N-dealkylation sites (tertiary alicyclic amines) is 1. The van der Waals surface area contributed by atoms with Gasteiger partial charge in [0.1, 0.15) is 0 Å². The minimum absolute atomic E-state index is 0.0158. The molecule has 1 fully saturated rings. The van der Waals surface area contributed by atoms with Gasteiger partial charge in [0, 0.05) is 26.7 Å². The number of nitrogens with zero attached hydrogens (tertiary/aromatic N) is 3. The lowest BCUT2D eigenvalue weighted by Crippen LogP contribution is -2.48. The van der Waals surface area contributed by atoms with Crippen LogP contribution in [0.3, 0.4) is 0 Å². The molecule has 1 aromatic rings. The van der Waals surface area contributed by atoms with Crippen molar-refractivity contribution in [1.29, 1.82) is 0 Å². The predicted octanol–water partition coefficient (Wildman–Crippen LogP) is 2.92. The molecule has 0 aliphatic carbocycles. The van der Waals surface area contributed by atoms with Crippen LogP contribution in [0.4, 0.5) is 0 Å². The van der Waals surface area contributed by atoms with Crippen molar-refractivity contribution in [3.63, 3.8) is 0 Å². The standard InChI is InChI=1S/C22H36N4O2/c1-5-25(6-2)20(18-11-9-8-10-12-18)17-24-22(23-4)26-15-13-19(14-16-26)21(27)28-7-3/h8-12,19-20H,5-7,13-17H2,1-4H3,(H,23,24). The fraction of sp³-hybridized carbons (Fsp3) is 0.636. The Hall–Kier alpha value is -2.08. The van der Waals surface area contributed by atoms with Gasteiger partial charge in [-0.25, -0.2) is 0 Å². The molecule has 0 spiro atoms. The minimum atomic E-state index is -0.0595. The molecule has 1 saturated heterocycles. The molecule has 1 unspecified atom stereocenters. The van der Waals surface area contributed by atoms with Crippen LogP contribution in [0.1, 0.15) is 45.2 Å². The summed E-state index contributed by atoms with van der Waals surface area (Å²) in [6.45, 7) is 11.2. The Bertz CT molecular complexity index is 608. The lowest BCUT2D eigenvalue weighted by atomic mass is 9.97. The van der Waals surface area contributed by atoms with Gasteiger partial charge >= 0.3 is 5.97 Å². The summed E-state index contributed by atoms with van der Waals surface area (Å²) in [4.78, 5) is 21.2. The third-order valence-electron chi connectivity index (χ3n) is 5.52. The monoisotopic (exact) mass is 388 g/mol. The van der Waals surface area contributed by atoms with Crippen LogP contribution in [0.15, 0.2) is 35.3 Å². The number of nitrogens with one attached hydrogen (secondary N) is 1. The number of rotatable bonds is 8. The first kappa shape index (κ1) is 22.2. The number of benzene rings is 1. The Morgan fingerprint density at radius 2 is 1.86 bits per heavy atom. The van der Waals surface area contributed by atoms with E-state index >= 15 is 0 Å². The number of likely N-dealkylation sites (N-methyl/N-ethyl adjacent to an activating group) is 1. The highest BCUT2D eigenvalue weighted by atomic mass is 16.5. The third-order valence-corrected chi connectivity index (χ3v) is 5.52. The van der Waals surface area contributed by atoms with Gasteiger partial charge in [-0.15, -0.1) is 0 Å². The maximum absolute atomic E-state index is 12.0. The van der Waals surface area contributed by atoms with Gasteiger partial charge in [0.15, 0.2) is 5.96 Å². The summed E-state index contributed by atoms with van der Waals surface area (Å²) in [5, 5.41) is 3.57. The Labute approximate surface area is 170 Å². The van der Waals surface area contributed by atoms with Crippen LogP contribution >= 0.6 is 0 Å². The first-order valence-electron chi connectivity index (χ1n) is 10.6. The number of esters is 1. The van der Waals surface area contributed by atoms with E-state index in [1.54, 1.807) is 0 Å². The van der Waals surface area contributed by atoms with Gasteiger partial charge in [-0.2, -0.15) is 0 Å². The molecule has 1 N–H and O–H groups in total. The quantitative estimate of drug-likeness (QED) is 0.422. The molecule has 1 aromatic carbocycles. The zero-order chi connectivity index (χ0) is 20.4. The molecule has 1 aliphatic rings. The molecule has 0 amide bonds. The minimum Gasteiger partial charge on any atom is -0.466 e. The van der Waals surface area contributed by atoms with E-state index in [1.807, 2.05) is 14.0 Å². The first-order valence-corrected chi connectivity index (χ1v) is 10.6. The summed E-state index contributed by atoms with van der Waals surface area (Å²) in [6, 6.07) is 10.9. The van der Waals surface area contributed by atoms with Gasteiger partial charge in [0.2, 0.25) is 0 Å². The molecule has 28 heavy (non-hydrogen) atoms. The smallest absolute Gasteiger partial charge is 0.309 e. The van der Waals surface area contributed by atoms with Crippen LogP contribution in [0.25, 0.3) is 0 Å². The number of carbonyl (C=O) groups is 1. The fourth-order valence-electron chi connectivity index (χ4n) is 3.90. The molecule has 156 valence electrons. The second-order valence-corrected chi connectivity index (χ2v) is 7.09. The second kappa shape index (κ2) is 11.7. The van der Waals surface area contributed by atoms with Crippen molar-refractivity contribution in [3.8, 4) is 0 Å². The lowest BCUT2D eigenvalue weighted by Gasteiger charge is -2.35. The van der Waals surface area contributed by atoms with Crippen LogP contribution < -0.4 is 5.32 Å². The van der Waals surface area contributed by atoms with Crippen molar-refractivity contribution in [1.82, 2.24) is 15.1 Å². The van der Waals surface area contributed by atoms with E-state index in [2.05, 4.69) is 64.3 Å². The van der Waals surface area contributed by atoms with Crippen LogP contribution in [0, 0.1) is 5.92 Å². The van der Waals surface area contributed by atoms with Gasteiger partial charge < -0.3 is 15.0 Å². The second-order valence-electron chi connectivity index (χ2n) is 7.09. The van der Waals surface area contributed by atoms with E-state index in [1.165, 1.54) is 5.56 Å². The Morgan fingerprint density at radius 3 is 2.39 bits per heavy atom. The number of piperidine rings is 1. The van der Waals surface area contributed by atoms with Crippen LogP contribution in [0.5, 0.6) is 0 Å². The highest BCUT2D eigenvalue weighted by molar-refractivity contribution is 5.80. The summed E-state index contributed by atoms with van der Waals surface area (Å²) in [7, 11) is 1.83. The first-order chi connectivity index (χ1) is 13.6. The van der Waals surface area contributed by atoms with Crippen molar-refractivity contribution >= 4 is 11.9 Å². The Balaban J connectivity index is 1.97. The number of hydrogen-bond acceptors (Lipinski definition) is 4. The normalized spacial score (nSPS) is 16.9. The summed E-state index contributed by atoms with van der Waals surface area (Å²) in [5.74, 6) is 0.869. The molecule has 2 rings (SSSR count). The number of carbonyl (C=O) groups excluding carboxylic acids is 1.